The number of hydrogen-bond donors (Lipinski definition) is 1. The van der Waals surface area contributed by atoms with E-state index in [9.17, 15) is 0 Å². The molecule has 2 N–H and O–H groups in total. The van der Waals surface area contributed by atoms with Crippen LogP contribution in [0.3, 0.4) is 0 Å². The van der Waals surface area contributed by atoms with Crippen molar-refractivity contribution in [2.75, 3.05) is 0 Å². The van der Waals surface area contributed by atoms with Gasteiger partial charge in [0.2, 0.25) is 0 Å². The minimum atomic E-state index is 0.494. The first-order valence-electron chi connectivity index (χ1n) is 6.00. The van der Waals surface area contributed by atoms with Crippen molar-refractivity contribution >= 4 is 27.7 Å². The second kappa shape index (κ2) is 6.03. The van der Waals surface area contributed by atoms with E-state index >= 15 is 0 Å². The standard InChI is InChI=1S/C14H16BrN3S/c1-8-9(2)17-14(18-10(8)3)19-13-6-4-5-12(15)11(13)7-16/h4-6H,7,16H2,1-3H3. The minimum Gasteiger partial charge on any atom is -0.326 e. The van der Waals surface area contributed by atoms with Gasteiger partial charge in [-0.3, -0.25) is 0 Å². The summed E-state index contributed by atoms with van der Waals surface area (Å²) in [5, 5.41) is 0.772. The number of halogens is 1. The zero-order chi connectivity index (χ0) is 14.0. The molecule has 3 nitrogen and oxygen atoms in total. The van der Waals surface area contributed by atoms with Crippen LogP contribution in [-0.4, -0.2) is 9.97 Å². The molecule has 0 bridgehead atoms. The molecular formula is C14H16BrN3S. The van der Waals surface area contributed by atoms with Crippen molar-refractivity contribution in [1.29, 1.82) is 0 Å². The third kappa shape index (κ3) is 3.16. The molecule has 0 radical (unpaired) electrons. The minimum absolute atomic E-state index is 0.494. The summed E-state index contributed by atoms with van der Waals surface area (Å²) in [6.07, 6.45) is 0. The maximum absolute atomic E-state index is 5.80. The summed E-state index contributed by atoms with van der Waals surface area (Å²) in [6, 6.07) is 6.05. The number of aromatic nitrogens is 2. The summed E-state index contributed by atoms with van der Waals surface area (Å²) in [5.41, 5.74) is 10.1. The molecule has 2 aromatic rings. The van der Waals surface area contributed by atoms with Gasteiger partial charge < -0.3 is 5.73 Å². The molecule has 0 unspecified atom stereocenters. The van der Waals surface area contributed by atoms with Crippen LogP contribution in [0.4, 0.5) is 0 Å². The molecule has 1 aromatic heterocycles. The quantitative estimate of drug-likeness (QED) is 0.866. The van der Waals surface area contributed by atoms with E-state index in [4.69, 9.17) is 5.73 Å². The highest BCUT2D eigenvalue weighted by atomic mass is 79.9. The van der Waals surface area contributed by atoms with Crippen molar-refractivity contribution < 1.29 is 0 Å². The highest BCUT2D eigenvalue weighted by molar-refractivity contribution is 9.10. The van der Waals surface area contributed by atoms with Gasteiger partial charge in [0.25, 0.3) is 0 Å². The Labute approximate surface area is 126 Å². The van der Waals surface area contributed by atoms with Crippen molar-refractivity contribution in [3.63, 3.8) is 0 Å². The third-order valence-electron chi connectivity index (χ3n) is 3.09. The van der Waals surface area contributed by atoms with E-state index in [0.29, 0.717) is 6.54 Å². The maximum atomic E-state index is 5.80. The van der Waals surface area contributed by atoms with Crippen LogP contribution < -0.4 is 5.73 Å². The summed E-state index contributed by atoms with van der Waals surface area (Å²) >= 11 is 5.08. The average Bonchev–Trinajstić information content (AvgIpc) is 2.36. The van der Waals surface area contributed by atoms with Crippen LogP contribution in [0.1, 0.15) is 22.5 Å². The predicted octanol–water partition coefficient (Wildman–Crippen LogP) is 3.77. The van der Waals surface area contributed by atoms with Gasteiger partial charge >= 0.3 is 0 Å². The molecule has 0 aliphatic heterocycles. The van der Waals surface area contributed by atoms with Crippen molar-refractivity contribution in [3.8, 4) is 0 Å². The van der Waals surface area contributed by atoms with E-state index < -0.39 is 0 Å². The van der Waals surface area contributed by atoms with E-state index in [0.717, 1.165) is 37.0 Å². The highest BCUT2D eigenvalue weighted by Crippen LogP contribution is 2.32. The van der Waals surface area contributed by atoms with Crippen LogP contribution in [0.15, 0.2) is 32.7 Å². The molecule has 0 saturated heterocycles. The van der Waals surface area contributed by atoms with Crippen molar-refractivity contribution in [3.05, 3.63) is 45.2 Å². The number of nitrogens with two attached hydrogens (primary N) is 1. The third-order valence-corrected chi connectivity index (χ3v) is 4.80. The molecule has 5 heteroatoms. The van der Waals surface area contributed by atoms with Crippen molar-refractivity contribution in [1.82, 2.24) is 9.97 Å². The van der Waals surface area contributed by atoms with Crippen LogP contribution in [0, 0.1) is 20.8 Å². The van der Waals surface area contributed by atoms with Gasteiger partial charge in [0.05, 0.1) is 0 Å². The largest absolute Gasteiger partial charge is 0.326 e. The fraction of sp³-hybridized carbons (Fsp3) is 0.286. The predicted molar refractivity (Wildman–Crippen MR) is 82.4 cm³/mol. The number of aryl methyl sites for hydroxylation is 2. The van der Waals surface area contributed by atoms with Gasteiger partial charge in [-0.05, 0) is 55.8 Å². The summed E-state index contributed by atoms with van der Waals surface area (Å²) in [5.74, 6) is 0. The molecule has 1 heterocycles. The molecule has 0 aliphatic rings. The van der Waals surface area contributed by atoms with Gasteiger partial charge in [-0.2, -0.15) is 0 Å². The SMILES string of the molecule is Cc1nc(Sc2cccc(Br)c2CN)nc(C)c1C. The molecule has 1 aromatic carbocycles. The van der Waals surface area contributed by atoms with Gasteiger partial charge in [0.1, 0.15) is 0 Å². The molecule has 2 rings (SSSR count). The lowest BCUT2D eigenvalue weighted by molar-refractivity contribution is 0.879. The van der Waals surface area contributed by atoms with Gasteiger partial charge in [0.15, 0.2) is 5.16 Å². The fourth-order valence-electron chi connectivity index (χ4n) is 1.72. The van der Waals surface area contributed by atoms with Crippen LogP contribution in [-0.2, 0) is 6.54 Å². The van der Waals surface area contributed by atoms with Gasteiger partial charge in [0, 0.05) is 27.3 Å². The first kappa shape index (κ1) is 14.5. The van der Waals surface area contributed by atoms with Gasteiger partial charge in [-0.25, -0.2) is 9.97 Å². The zero-order valence-corrected chi connectivity index (χ0v) is 13.6. The lowest BCUT2D eigenvalue weighted by atomic mass is 10.2. The molecule has 0 atom stereocenters. The van der Waals surface area contributed by atoms with Crippen LogP contribution in [0.2, 0.25) is 0 Å². The van der Waals surface area contributed by atoms with E-state index in [1.54, 1.807) is 11.8 Å². The van der Waals surface area contributed by atoms with Crippen LogP contribution in [0.25, 0.3) is 0 Å². The first-order valence-corrected chi connectivity index (χ1v) is 7.61. The maximum Gasteiger partial charge on any atom is 0.192 e. The smallest absolute Gasteiger partial charge is 0.192 e. The average molecular weight is 338 g/mol. The molecule has 0 fully saturated rings. The van der Waals surface area contributed by atoms with E-state index in [1.807, 2.05) is 39.0 Å². The van der Waals surface area contributed by atoms with Gasteiger partial charge in [-0.15, -0.1) is 0 Å². The number of rotatable bonds is 3. The number of nitrogens with zero attached hydrogens (tertiary/aromatic N) is 2. The van der Waals surface area contributed by atoms with Crippen LogP contribution in [0.5, 0.6) is 0 Å². The van der Waals surface area contributed by atoms with E-state index in [2.05, 4.69) is 25.9 Å². The monoisotopic (exact) mass is 337 g/mol. The Bertz CT molecular complexity index is 591. The Morgan fingerprint density at radius 2 is 1.79 bits per heavy atom. The normalized spacial score (nSPS) is 10.8. The second-order valence-corrected chi connectivity index (χ2v) is 6.19. The Kier molecular flexibility index (Phi) is 4.60. The fourth-order valence-corrected chi connectivity index (χ4v) is 3.40. The number of benzene rings is 1. The first-order chi connectivity index (χ1) is 9.02. The Morgan fingerprint density at radius 3 is 2.37 bits per heavy atom. The van der Waals surface area contributed by atoms with E-state index in [-0.39, 0.29) is 0 Å². The van der Waals surface area contributed by atoms with Crippen molar-refractivity contribution in [2.24, 2.45) is 5.73 Å². The topological polar surface area (TPSA) is 51.8 Å². The van der Waals surface area contributed by atoms with Crippen molar-refractivity contribution in [2.45, 2.75) is 37.4 Å². The number of hydrogen-bond acceptors (Lipinski definition) is 4. The molecule has 0 aliphatic carbocycles. The molecule has 0 amide bonds. The highest BCUT2D eigenvalue weighted by Gasteiger charge is 2.10. The molecule has 0 saturated carbocycles. The van der Waals surface area contributed by atoms with Crippen LogP contribution >= 0.6 is 27.7 Å². The summed E-state index contributed by atoms with van der Waals surface area (Å²) in [7, 11) is 0. The molecular weight excluding hydrogens is 322 g/mol. The zero-order valence-electron chi connectivity index (χ0n) is 11.2. The second-order valence-electron chi connectivity index (χ2n) is 4.32. The summed E-state index contributed by atoms with van der Waals surface area (Å²) in [4.78, 5) is 10.2. The Morgan fingerprint density at radius 1 is 1.16 bits per heavy atom. The molecule has 0 spiro atoms. The molecule has 100 valence electrons. The van der Waals surface area contributed by atoms with Gasteiger partial charge in [-0.1, -0.05) is 22.0 Å². The summed E-state index contributed by atoms with van der Waals surface area (Å²) in [6.45, 7) is 6.56. The van der Waals surface area contributed by atoms with E-state index in [1.165, 1.54) is 0 Å². The Hall–Kier alpha value is -0.910. The lowest BCUT2D eigenvalue weighted by Crippen LogP contribution is -2.01. The molecule has 19 heavy (non-hydrogen) atoms. The summed E-state index contributed by atoms with van der Waals surface area (Å²) < 4.78 is 1.03. The Balaban J connectivity index is 2.39. The lowest BCUT2D eigenvalue weighted by Gasteiger charge is -2.10.